The molecule has 8 nitrogen and oxygen atoms in total. The van der Waals surface area contributed by atoms with Gasteiger partial charge in [0.2, 0.25) is 0 Å². The van der Waals surface area contributed by atoms with E-state index in [0.717, 1.165) is 53.1 Å². The van der Waals surface area contributed by atoms with Crippen LogP contribution in [-0.4, -0.2) is 69.7 Å². The number of hydrogen-bond acceptors (Lipinski definition) is 6. The van der Waals surface area contributed by atoms with E-state index in [9.17, 15) is 9.18 Å². The number of benzene rings is 1. The Labute approximate surface area is 210 Å². The van der Waals surface area contributed by atoms with Gasteiger partial charge in [0.05, 0.1) is 5.39 Å². The third-order valence-electron chi connectivity index (χ3n) is 6.72. The number of carbonyl (C=O) groups is 1. The normalized spacial score (nSPS) is 19.0. The number of halogens is 1. The first-order valence-corrected chi connectivity index (χ1v) is 12.4. The number of ether oxygens (including phenoxy) is 1. The molecule has 1 amide bonds. The van der Waals surface area contributed by atoms with E-state index in [1.54, 1.807) is 11.0 Å². The zero-order valence-corrected chi connectivity index (χ0v) is 21.3. The van der Waals surface area contributed by atoms with Crippen molar-refractivity contribution in [3.63, 3.8) is 0 Å². The van der Waals surface area contributed by atoms with E-state index in [1.807, 2.05) is 39.0 Å². The van der Waals surface area contributed by atoms with Gasteiger partial charge in [-0.15, -0.1) is 0 Å². The van der Waals surface area contributed by atoms with Crippen LogP contribution in [0.25, 0.3) is 16.6 Å². The standard InChI is InChI=1S/C27H33FN6O2/c1-27(2,3)36-26(35)34-11-8-17(9-12-34)23-14-21-24(29-16-30-25(21)32-23)31-19-5-6-22(28)20(13-19)18-7-10-33(4)15-18/h5-6,8,13-14,16,18H,7,9-12,15H2,1-4H3,(H2,29,30,31,32)/t18-/m0/s1. The van der Waals surface area contributed by atoms with Crippen molar-refractivity contribution in [3.05, 3.63) is 53.7 Å². The van der Waals surface area contributed by atoms with Gasteiger partial charge in [0.1, 0.15) is 29.2 Å². The molecule has 3 aromatic rings. The topological polar surface area (TPSA) is 86.4 Å². The minimum absolute atomic E-state index is 0.165. The zero-order chi connectivity index (χ0) is 25.4. The molecule has 0 radical (unpaired) electrons. The van der Waals surface area contributed by atoms with Gasteiger partial charge in [-0.3, -0.25) is 0 Å². The molecule has 4 heterocycles. The molecular formula is C27H33FN6O2. The van der Waals surface area contributed by atoms with Crippen LogP contribution in [0.3, 0.4) is 0 Å². The van der Waals surface area contributed by atoms with Crippen LogP contribution in [0.4, 0.5) is 20.7 Å². The summed E-state index contributed by atoms with van der Waals surface area (Å²) in [5, 5.41) is 4.22. The number of anilines is 2. The highest BCUT2D eigenvalue weighted by atomic mass is 19.1. The van der Waals surface area contributed by atoms with Gasteiger partial charge in [0.15, 0.2) is 0 Å². The van der Waals surface area contributed by atoms with E-state index in [-0.39, 0.29) is 17.8 Å². The average molecular weight is 493 g/mol. The smallest absolute Gasteiger partial charge is 0.410 e. The van der Waals surface area contributed by atoms with Crippen LogP contribution >= 0.6 is 0 Å². The maximum atomic E-state index is 14.6. The minimum atomic E-state index is -0.515. The van der Waals surface area contributed by atoms with Gasteiger partial charge >= 0.3 is 6.09 Å². The Kier molecular flexibility index (Phi) is 6.42. The Morgan fingerprint density at radius 3 is 2.75 bits per heavy atom. The average Bonchev–Trinajstić information content (AvgIpc) is 3.46. The highest BCUT2D eigenvalue weighted by molar-refractivity contribution is 5.92. The summed E-state index contributed by atoms with van der Waals surface area (Å²) in [6, 6.07) is 7.20. The first-order chi connectivity index (χ1) is 17.2. The fourth-order valence-corrected chi connectivity index (χ4v) is 4.88. The number of H-pyrrole nitrogens is 1. The molecule has 36 heavy (non-hydrogen) atoms. The molecule has 0 aliphatic carbocycles. The van der Waals surface area contributed by atoms with Gasteiger partial charge in [0, 0.05) is 36.9 Å². The van der Waals surface area contributed by atoms with Crippen LogP contribution in [0.2, 0.25) is 0 Å². The molecule has 0 saturated carbocycles. The lowest BCUT2D eigenvalue weighted by atomic mass is 9.97. The van der Waals surface area contributed by atoms with Gasteiger partial charge in [-0.05, 0) is 82.6 Å². The molecule has 190 valence electrons. The summed E-state index contributed by atoms with van der Waals surface area (Å²) in [5.41, 5.74) is 3.82. The highest BCUT2D eigenvalue weighted by Crippen LogP contribution is 2.33. The predicted octanol–water partition coefficient (Wildman–Crippen LogP) is 5.28. The SMILES string of the molecule is CN1CC[C@H](c2cc(Nc3ncnc4[nH]c(C5=CCN(C(=O)OC(C)(C)C)CC5)cc34)ccc2F)C1. The molecule has 0 bridgehead atoms. The second-order valence-electron chi connectivity index (χ2n) is 10.7. The van der Waals surface area contributed by atoms with Crippen molar-refractivity contribution < 1.29 is 13.9 Å². The zero-order valence-electron chi connectivity index (χ0n) is 21.3. The van der Waals surface area contributed by atoms with E-state index in [1.165, 1.54) is 12.4 Å². The number of nitrogens with one attached hydrogen (secondary N) is 2. The summed E-state index contributed by atoms with van der Waals surface area (Å²) in [5.74, 6) is 0.692. The Morgan fingerprint density at radius 1 is 1.22 bits per heavy atom. The number of likely N-dealkylation sites (tertiary alicyclic amines) is 1. The van der Waals surface area contributed by atoms with E-state index < -0.39 is 5.60 Å². The second-order valence-corrected chi connectivity index (χ2v) is 10.7. The summed E-state index contributed by atoms with van der Waals surface area (Å²) < 4.78 is 20.1. The number of hydrogen-bond donors (Lipinski definition) is 2. The van der Waals surface area contributed by atoms with Crippen LogP contribution in [-0.2, 0) is 4.74 Å². The number of nitrogens with zero attached hydrogens (tertiary/aromatic N) is 4. The largest absolute Gasteiger partial charge is 0.444 e. The summed E-state index contributed by atoms with van der Waals surface area (Å²) in [6.45, 7) is 8.52. The quantitative estimate of drug-likeness (QED) is 0.515. The van der Waals surface area contributed by atoms with Crippen LogP contribution in [0.15, 0.2) is 36.7 Å². The summed E-state index contributed by atoms with van der Waals surface area (Å²) in [6.07, 6.45) is 4.93. The Morgan fingerprint density at radius 2 is 2.06 bits per heavy atom. The molecule has 1 atom stereocenters. The van der Waals surface area contributed by atoms with Gasteiger partial charge in [-0.1, -0.05) is 6.08 Å². The van der Waals surface area contributed by atoms with Crippen molar-refractivity contribution in [2.45, 2.75) is 45.1 Å². The van der Waals surface area contributed by atoms with Gasteiger partial charge in [-0.2, -0.15) is 0 Å². The van der Waals surface area contributed by atoms with Crippen LogP contribution in [0.1, 0.15) is 50.8 Å². The van der Waals surface area contributed by atoms with Crippen molar-refractivity contribution in [3.8, 4) is 0 Å². The second kappa shape index (κ2) is 9.54. The number of aromatic amines is 1. The molecule has 5 rings (SSSR count). The number of likely N-dealkylation sites (N-methyl/N-ethyl adjacent to an activating group) is 1. The summed E-state index contributed by atoms with van der Waals surface area (Å²) in [7, 11) is 2.07. The van der Waals surface area contributed by atoms with Gasteiger partial charge < -0.3 is 24.8 Å². The van der Waals surface area contributed by atoms with Crippen LogP contribution in [0.5, 0.6) is 0 Å². The van der Waals surface area contributed by atoms with E-state index in [0.29, 0.717) is 25.3 Å². The maximum absolute atomic E-state index is 14.6. The van der Waals surface area contributed by atoms with E-state index in [2.05, 4.69) is 32.2 Å². The first-order valence-electron chi connectivity index (χ1n) is 12.4. The number of aromatic nitrogens is 3. The molecular weight excluding hydrogens is 459 g/mol. The van der Waals surface area contributed by atoms with Crippen molar-refractivity contribution in [2.75, 3.05) is 38.5 Å². The Hall–Kier alpha value is -3.46. The van der Waals surface area contributed by atoms with Crippen LogP contribution < -0.4 is 5.32 Å². The highest BCUT2D eigenvalue weighted by Gasteiger charge is 2.25. The Bertz CT molecular complexity index is 1310. The lowest BCUT2D eigenvalue weighted by Crippen LogP contribution is -2.39. The fourth-order valence-electron chi connectivity index (χ4n) is 4.88. The number of rotatable bonds is 4. The molecule has 0 unspecified atom stereocenters. The number of carbonyl (C=O) groups excluding carboxylic acids is 1. The van der Waals surface area contributed by atoms with E-state index in [4.69, 9.17) is 4.74 Å². The maximum Gasteiger partial charge on any atom is 0.410 e. The molecule has 9 heteroatoms. The predicted molar refractivity (Wildman–Crippen MR) is 139 cm³/mol. The molecule has 2 aliphatic rings. The summed E-state index contributed by atoms with van der Waals surface area (Å²) >= 11 is 0. The van der Waals surface area contributed by atoms with Gasteiger partial charge in [0.25, 0.3) is 0 Å². The molecule has 0 spiro atoms. The lowest BCUT2D eigenvalue weighted by Gasteiger charge is -2.29. The molecule has 2 aromatic heterocycles. The van der Waals surface area contributed by atoms with Gasteiger partial charge in [-0.25, -0.2) is 19.2 Å². The van der Waals surface area contributed by atoms with E-state index >= 15 is 0 Å². The monoisotopic (exact) mass is 492 g/mol. The molecule has 2 aliphatic heterocycles. The lowest BCUT2D eigenvalue weighted by molar-refractivity contribution is 0.0270. The molecule has 2 N–H and O–H groups in total. The van der Waals surface area contributed by atoms with Crippen molar-refractivity contribution >= 4 is 34.2 Å². The number of fused-ring (bicyclic) bond motifs is 1. The van der Waals surface area contributed by atoms with Crippen LogP contribution in [0, 0.1) is 5.82 Å². The molecule has 1 saturated heterocycles. The minimum Gasteiger partial charge on any atom is -0.444 e. The van der Waals surface area contributed by atoms with Crippen molar-refractivity contribution in [1.29, 1.82) is 0 Å². The fraction of sp³-hybridized carbons (Fsp3) is 0.444. The number of amides is 1. The van der Waals surface area contributed by atoms with Crippen molar-refractivity contribution in [1.82, 2.24) is 24.8 Å². The molecule has 1 fully saturated rings. The summed E-state index contributed by atoms with van der Waals surface area (Å²) in [4.78, 5) is 28.6. The third-order valence-corrected chi connectivity index (χ3v) is 6.72. The third kappa shape index (κ3) is 5.21. The molecule has 1 aromatic carbocycles. The van der Waals surface area contributed by atoms with Crippen molar-refractivity contribution in [2.24, 2.45) is 0 Å². The first kappa shape index (κ1) is 24.2. The Balaban J connectivity index is 1.35.